The zero-order valence-electron chi connectivity index (χ0n) is 8.95. The maximum absolute atomic E-state index is 5.20. The molecule has 0 amide bonds. The third-order valence-electron chi connectivity index (χ3n) is 2.14. The first-order valence-electron chi connectivity index (χ1n) is 5.05. The molecule has 0 aliphatic rings. The van der Waals surface area contributed by atoms with Crippen molar-refractivity contribution in [1.29, 1.82) is 0 Å². The van der Waals surface area contributed by atoms with Crippen LogP contribution in [-0.2, 0) is 11.3 Å². The molecule has 1 N–H and O–H groups in total. The van der Waals surface area contributed by atoms with Gasteiger partial charge in [-0.2, -0.15) is 0 Å². The molecule has 1 atom stereocenters. The van der Waals surface area contributed by atoms with Gasteiger partial charge in [-0.3, -0.25) is 0 Å². The Morgan fingerprint density at radius 2 is 2.43 bits per heavy atom. The molecule has 1 aromatic heterocycles. The van der Waals surface area contributed by atoms with Crippen LogP contribution in [0.3, 0.4) is 0 Å². The van der Waals surface area contributed by atoms with Gasteiger partial charge < -0.3 is 14.5 Å². The van der Waals surface area contributed by atoms with Crippen molar-refractivity contribution in [3.63, 3.8) is 0 Å². The quantitative estimate of drug-likeness (QED) is 0.679. The molecule has 0 spiro atoms. The number of furan rings is 1. The molecule has 80 valence electrons. The molecule has 0 fully saturated rings. The molecule has 1 aromatic rings. The van der Waals surface area contributed by atoms with E-state index in [9.17, 15) is 0 Å². The van der Waals surface area contributed by atoms with E-state index in [1.54, 1.807) is 13.4 Å². The summed E-state index contributed by atoms with van der Waals surface area (Å²) in [5.74, 6) is 1.61. The number of ether oxygens (including phenoxy) is 1. The first-order chi connectivity index (χ1) is 6.83. The van der Waals surface area contributed by atoms with Crippen LogP contribution in [0.2, 0.25) is 0 Å². The van der Waals surface area contributed by atoms with Gasteiger partial charge in [-0.15, -0.1) is 0 Å². The van der Waals surface area contributed by atoms with Gasteiger partial charge in [-0.1, -0.05) is 6.92 Å². The molecular weight excluding hydrogens is 178 g/mol. The Kier molecular flexibility index (Phi) is 5.33. The van der Waals surface area contributed by atoms with E-state index in [1.807, 2.05) is 12.1 Å². The lowest BCUT2D eigenvalue weighted by Gasteiger charge is -2.09. The monoisotopic (exact) mass is 197 g/mol. The third-order valence-corrected chi connectivity index (χ3v) is 2.14. The average Bonchev–Trinajstić information content (AvgIpc) is 2.65. The summed E-state index contributed by atoms with van der Waals surface area (Å²) in [7, 11) is 1.74. The first kappa shape index (κ1) is 11.3. The largest absolute Gasteiger partial charge is 0.468 e. The predicted molar refractivity (Wildman–Crippen MR) is 56.1 cm³/mol. The minimum atomic E-state index is 0.615. The SMILES string of the molecule is COCC(C)CCNCc1ccco1. The van der Waals surface area contributed by atoms with Crippen molar-refractivity contribution in [2.75, 3.05) is 20.3 Å². The van der Waals surface area contributed by atoms with Crippen molar-refractivity contribution in [1.82, 2.24) is 5.32 Å². The van der Waals surface area contributed by atoms with Gasteiger partial charge in [-0.05, 0) is 31.0 Å². The maximum atomic E-state index is 5.20. The predicted octanol–water partition coefficient (Wildman–Crippen LogP) is 2.04. The molecule has 0 aliphatic carbocycles. The average molecular weight is 197 g/mol. The van der Waals surface area contributed by atoms with Crippen LogP contribution in [0.1, 0.15) is 19.1 Å². The number of hydrogen-bond acceptors (Lipinski definition) is 3. The van der Waals surface area contributed by atoms with Crippen LogP contribution in [0.4, 0.5) is 0 Å². The molecule has 1 rings (SSSR count). The number of methoxy groups -OCH3 is 1. The molecule has 3 nitrogen and oxygen atoms in total. The van der Waals surface area contributed by atoms with Crippen LogP contribution in [0.25, 0.3) is 0 Å². The summed E-state index contributed by atoms with van der Waals surface area (Å²) in [6, 6.07) is 3.89. The topological polar surface area (TPSA) is 34.4 Å². The highest BCUT2D eigenvalue weighted by Crippen LogP contribution is 2.02. The summed E-state index contributed by atoms with van der Waals surface area (Å²) in [6.45, 7) is 4.85. The molecule has 0 bridgehead atoms. The fourth-order valence-electron chi connectivity index (χ4n) is 1.34. The Morgan fingerprint density at radius 3 is 3.07 bits per heavy atom. The summed E-state index contributed by atoms with van der Waals surface area (Å²) >= 11 is 0. The lowest BCUT2D eigenvalue weighted by molar-refractivity contribution is 0.155. The molecule has 3 heteroatoms. The molecule has 14 heavy (non-hydrogen) atoms. The van der Waals surface area contributed by atoms with Gasteiger partial charge in [0, 0.05) is 13.7 Å². The number of rotatable bonds is 7. The highest BCUT2D eigenvalue weighted by Gasteiger charge is 2.00. The van der Waals surface area contributed by atoms with Gasteiger partial charge in [0.2, 0.25) is 0 Å². The van der Waals surface area contributed by atoms with Crippen LogP contribution in [0.15, 0.2) is 22.8 Å². The molecular formula is C11H19NO2. The van der Waals surface area contributed by atoms with Gasteiger partial charge in [0.15, 0.2) is 0 Å². The van der Waals surface area contributed by atoms with Crippen molar-refractivity contribution in [2.24, 2.45) is 5.92 Å². The van der Waals surface area contributed by atoms with Crippen molar-refractivity contribution >= 4 is 0 Å². The highest BCUT2D eigenvalue weighted by atomic mass is 16.5. The zero-order chi connectivity index (χ0) is 10.2. The van der Waals surface area contributed by atoms with Gasteiger partial charge in [-0.25, -0.2) is 0 Å². The van der Waals surface area contributed by atoms with E-state index in [4.69, 9.17) is 9.15 Å². The second-order valence-corrected chi connectivity index (χ2v) is 3.61. The number of hydrogen-bond donors (Lipinski definition) is 1. The van der Waals surface area contributed by atoms with E-state index >= 15 is 0 Å². The van der Waals surface area contributed by atoms with Crippen molar-refractivity contribution in [2.45, 2.75) is 19.9 Å². The van der Waals surface area contributed by atoms with Crippen LogP contribution in [0.5, 0.6) is 0 Å². The highest BCUT2D eigenvalue weighted by molar-refractivity contribution is 4.97. The summed E-state index contributed by atoms with van der Waals surface area (Å²) in [6.07, 6.45) is 2.83. The van der Waals surface area contributed by atoms with Gasteiger partial charge in [0.25, 0.3) is 0 Å². The normalized spacial score (nSPS) is 13.0. The molecule has 0 radical (unpaired) electrons. The van der Waals surface area contributed by atoms with Gasteiger partial charge in [0.1, 0.15) is 5.76 Å². The molecule has 0 aromatic carbocycles. The van der Waals surface area contributed by atoms with E-state index < -0.39 is 0 Å². The summed E-state index contributed by atoms with van der Waals surface area (Å²) in [5, 5.41) is 3.33. The minimum Gasteiger partial charge on any atom is -0.468 e. The Balaban J connectivity index is 1.99. The van der Waals surface area contributed by atoms with Crippen molar-refractivity contribution < 1.29 is 9.15 Å². The van der Waals surface area contributed by atoms with Crippen LogP contribution in [0, 0.1) is 5.92 Å². The Morgan fingerprint density at radius 1 is 1.57 bits per heavy atom. The maximum Gasteiger partial charge on any atom is 0.117 e. The van der Waals surface area contributed by atoms with E-state index in [0.717, 1.165) is 31.9 Å². The molecule has 1 heterocycles. The summed E-state index contributed by atoms with van der Waals surface area (Å²) < 4.78 is 10.3. The minimum absolute atomic E-state index is 0.615. The molecule has 1 unspecified atom stereocenters. The van der Waals surface area contributed by atoms with Crippen LogP contribution in [-0.4, -0.2) is 20.3 Å². The Hall–Kier alpha value is -0.800. The van der Waals surface area contributed by atoms with E-state index in [2.05, 4.69) is 12.2 Å². The Bertz CT molecular complexity index is 221. The van der Waals surface area contributed by atoms with Gasteiger partial charge in [0.05, 0.1) is 12.8 Å². The lowest BCUT2D eigenvalue weighted by Crippen LogP contribution is -2.18. The van der Waals surface area contributed by atoms with Crippen molar-refractivity contribution in [3.05, 3.63) is 24.2 Å². The van der Waals surface area contributed by atoms with Gasteiger partial charge >= 0.3 is 0 Å². The van der Waals surface area contributed by atoms with Crippen molar-refractivity contribution in [3.8, 4) is 0 Å². The third kappa shape index (κ3) is 4.44. The Labute approximate surface area is 85.4 Å². The number of nitrogens with one attached hydrogen (secondary N) is 1. The van der Waals surface area contributed by atoms with E-state index in [-0.39, 0.29) is 0 Å². The van der Waals surface area contributed by atoms with E-state index in [1.165, 1.54) is 0 Å². The smallest absolute Gasteiger partial charge is 0.117 e. The second-order valence-electron chi connectivity index (χ2n) is 3.61. The second kappa shape index (κ2) is 6.62. The first-order valence-corrected chi connectivity index (χ1v) is 5.05. The van der Waals surface area contributed by atoms with Crippen LogP contribution < -0.4 is 5.32 Å². The fourth-order valence-corrected chi connectivity index (χ4v) is 1.34. The summed E-state index contributed by atoms with van der Waals surface area (Å²) in [5.41, 5.74) is 0. The van der Waals surface area contributed by atoms with E-state index in [0.29, 0.717) is 5.92 Å². The fraction of sp³-hybridized carbons (Fsp3) is 0.636. The summed E-state index contributed by atoms with van der Waals surface area (Å²) in [4.78, 5) is 0. The zero-order valence-corrected chi connectivity index (χ0v) is 8.95. The lowest BCUT2D eigenvalue weighted by atomic mass is 10.1. The van der Waals surface area contributed by atoms with Crippen LogP contribution >= 0.6 is 0 Å². The standard InChI is InChI=1S/C11H19NO2/c1-10(9-13-2)5-6-12-8-11-4-3-7-14-11/h3-4,7,10,12H,5-6,8-9H2,1-2H3. The molecule has 0 saturated heterocycles. The molecule has 0 aliphatic heterocycles. The molecule has 0 saturated carbocycles.